The zero-order valence-corrected chi connectivity index (χ0v) is 13.4. The van der Waals surface area contributed by atoms with Gasteiger partial charge < -0.3 is 10.1 Å². The molecule has 2 aliphatic heterocycles. The number of rotatable bonds is 4. The number of hydrogen-bond acceptors (Lipinski definition) is 4. The Morgan fingerprint density at radius 3 is 2.57 bits per heavy atom. The molecular weight excluding hydrogens is 312 g/mol. The normalized spacial score (nSPS) is 28.6. The Bertz CT molecular complexity index is 623. The molecule has 2 N–H and O–H groups in total. The van der Waals surface area contributed by atoms with Gasteiger partial charge in [0.15, 0.2) is 0 Å². The molecule has 2 bridgehead atoms. The zero-order valence-electron chi connectivity index (χ0n) is 11.8. The van der Waals surface area contributed by atoms with Crippen molar-refractivity contribution < 1.29 is 13.2 Å². The molecule has 1 aromatic carbocycles. The highest BCUT2D eigenvalue weighted by Crippen LogP contribution is 2.30. The third-order valence-corrected chi connectivity index (χ3v) is 5.99. The van der Waals surface area contributed by atoms with E-state index < -0.39 is 10.0 Å². The maximum atomic E-state index is 12.6. The Morgan fingerprint density at radius 2 is 1.95 bits per heavy atom. The van der Waals surface area contributed by atoms with Gasteiger partial charge in [-0.05, 0) is 43.9 Å². The van der Waals surface area contributed by atoms with Crippen molar-refractivity contribution in [3.05, 3.63) is 23.2 Å². The molecule has 0 spiro atoms. The fraction of sp³-hybridized carbons (Fsp3) is 0.571. The van der Waals surface area contributed by atoms with Crippen molar-refractivity contribution in [1.82, 2.24) is 10.0 Å². The van der Waals surface area contributed by atoms with E-state index in [-0.39, 0.29) is 10.9 Å². The summed E-state index contributed by atoms with van der Waals surface area (Å²) in [6.07, 6.45) is 3.92. The highest BCUT2D eigenvalue weighted by atomic mass is 35.5. The predicted molar refractivity (Wildman–Crippen MR) is 81.3 cm³/mol. The summed E-state index contributed by atoms with van der Waals surface area (Å²) in [5.41, 5.74) is 0. The minimum Gasteiger partial charge on any atom is -0.495 e. The van der Waals surface area contributed by atoms with Gasteiger partial charge in [-0.1, -0.05) is 11.6 Å². The Balaban J connectivity index is 1.82. The molecule has 1 aromatic rings. The van der Waals surface area contributed by atoms with Crippen LogP contribution < -0.4 is 14.8 Å². The van der Waals surface area contributed by atoms with Gasteiger partial charge in [0.25, 0.3) is 0 Å². The van der Waals surface area contributed by atoms with Gasteiger partial charge in [-0.3, -0.25) is 0 Å². The summed E-state index contributed by atoms with van der Waals surface area (Å²) in [7, 11) is -2.18. The average Bonchev–Trinajstić information content (AvgIpc) is 2.77. The molecule has 2 saturated heterocycles. The molecular formula is C14H19ClN2O3S. The van der Waals surface area contributed by atoms with Crippen LogP contribution in [0.4, 0.5) is 0 Å². The quantitative estimate of drug-likeness (QED) is 0.885. The van der Waals surface area contributed by atoms with Gasteiger partial charge in [-0.25, -0.2) is 13.1 Å². The first-order chi connectivity index (χ1) is 9.98. The third kappa shape index (κ3) is 3.18. The van der Waals surface area contributed by atoms with E-state index in [9.17, 15) is 8.42 Å². The minimum absolute atomic E-state index is 0.0302. The first-order valence-electron chi connectivity index (χ1n) is 7.10. The van der Waals surface area contributed by atoms with Crippen LogP contribution in [0.25, 0.3) is 0 Å². The second-order valence-electron chi connectivity index (χ2n) is 5.72. The standard InChI is InChI=1S/C14H19ClN2O3S/c1-20-13-5-2-9(15)6-14(13)21(18,19)17-12-7-10-3-4-11(8-12)16-10/h2,5-6,10-12,16-17H,3-4,7-8H2,1H3. The van der Waals surface area contributed by atoms with Crippen LogP contribution >= 0.6 is 11.6 Å². The van der Waals surface area contributed by atoms with E-state index in [4.69, 9.17) is 16.3 Å². The molecule has 7 heteroatoms. The van der Waals surface area contributed by atoms with Gasteiger partial charge in [-0.15, -0.1) is 0 Å². The van der Waals surface area contributed by atoms with Gasteiger partial charge in [-0.2, -0.15) is 0 Å². The number of halogens is 1. The fourth-order valence-electron chi connectivity index (χ4n) is 3.30. The maximum absolute atomic E-state index is 12.6. The largest absolute Gasteiger partial charge is 0.495 e. The van der Waals surface area contributed by atoms with Gasteiger partial charge in [0, 0.05) is 23.1 Å². The summed E-state index contributed by atoms with van der Waals surface area (Å²) in [6, 6.07) is 5.44. The Morgan fingerprint density at radius 1 is 1.29 bits per heavy atom. The first kappa shape index (κ1) is 15.1. The van der Waals surface area contributed by atoms with Crippen LogP contribution in [0.1, 0.15) is 25.7 Å². The van der Waals surface area contributed by atoms with E-state index in [0.717, 1.165) is 25.7 Å². The van der Waals surface area contributed by atoms with Crippen LogP contribution in [0.3, 0.4) is 0 Å². The first-order valence-corrected chi connectivity index (χ1v) is 8.96. The van der Waals surface area contributed by atoms with E-state index in [1.165, 1.54) is 13.2 Å². The summed E-state index contributed by atoms with van der Waals surface area (Å²) in [5, 5.41) is 3.87. The van der Waals surface area contributed by atoms with E-state index in [1.807, 2.05) is 0 Å². The van der Waals surface area contributed by atoms with Crippen molar-refractivity contribution in [1.29, 1.82) is 0 Å². The van der Waals surface area contributed by atoms with E-state index in [1.54, 1.807) is 12.1 Å². The maximum Gasteiger partial charge on any atom is 0.244 e. The lowest BCUT2D eigenvalue weighted by Crippen LogP contribution is -2.47. The number of hydrogen-bond donors (Lipinski definition) is 2. The van der Waals surface area contributed by atoms with Crippen LogP contribution in [0.15, 0.2) is 23.1 Å². The molecule has 2 heterocycles. The number of benzene rings is 1. The van der Waals surface area contributed by atoms with Gasteiger partial charge in [0.05, 0.1) is 7.11 Å². The van der Waals surface area contributed by atoms with Crippen molar-refractivity contribution in [2.45, 2.75) is 48.7 Å². The van der Waals surface area contributed by atoms with Gasteiger partial charge in [0.2, 0.25) is 10.0 Å². The number of fused-ring (bicyclic) bond motifs is 2. The van der Waals surface area contributed by atoms with Crippen molar-refractivity contribution in [3.63, 3.8) is 0 Å². The Hall–Kier alpha value is -0.820. The van der Waals surface area contributed by atoms with Gasteiger partial charge in [0.1, 0.15) is 10.6 Å². The van der Waals surface area contributed by atoms with Crippen molar-refractivity contribution in [3.8, 4) is 5.75 Å². The third-order valence-electron chi connectivity index (χ3n) is 4.21. The molecule has 2 fully saturated rings. The van der Waals surface area contributed by atoms with Gasteiger partial charge >= 0.3 is 0 Å². The summed E-state index contributed by atoms with van der Waals surface area (Å²) < 4.78 is 33.1. The molecule has 0 aromatic heterocycles. The van der Waals surface area contributed by atoms with E-state index >= 15 is 0 Å². The summed E-state index contributed by atoms with van der Waals surface area (Å²) in [4.78, 5) is 0.100. The number of ether oxygens (including phenoxy) is 1. The topological polar surface area (TPSA) is 67.4 Å². The van der Waals surface area contributed by atoms with Crippen LogP contribution in [-0.4, -0.2) is 33.7 Å². The minimum atomic E-state index is -3.63. The highest BCUT2D eigenvalue weighted by molar-refractivity contribution is 7.89. The summed E-state index contributed by atoms with van der Waals surface area (Å²) in [6.45, 7) is 0. The Kier molecular flexibility index (Phi) is 4.14. The molecule has 0 radical (unpaired) electrons. The van der Waals surface area contributed by atoms with Crippen LogP contribution in [-0.2, 0) is 10.0 Å². The molecule has 0 aliphatic carbocycles. The molecule has 2 aliphatic rings. The lowest BCUT2D eigenvalue weighted by molar-refractivity contribution is 0.344. The van der Waals surface area contributed by atoms with Crippen molar-refractivity contribution in [2.75, 3.05) is 7.11 Å². The lowest BCUT2D eigenvalue weighted by Gasteiger charge is -2.29. The van der Waals surface area contributed by atoms with Crippen LogP contribution in [0.2, 0.25) is 5.02 Å². The fourth-order valence-corrected chi connectivity index (χ4v) is 4.99. The molecule has 21 heavy (non-hydrogen) atoms. The van der Waals surface area contributed by atoms with E-state index in [2.05, 4.69) is 10.0 Å². The van der Waals surface area contributed by atoms with E-state index in [0.29, 0.717) is 22.9 Å². The summed E-state index contributed by atoms with van der Waals surface area (Å²) in [5.74, 6) is 0.309. The average molecular weight is 331 g/mol. The number of nitrogens with one attached hydrogen (secondary N) is 2. The smallest absolute Gasteiger partial charge is 0.244 e. The predicted octanol–water partition coefficient (Wildman–Crippen LogP) is 1.91. The van der Waals surface area contributed by atoms with Crippen LogP contribution in [0, 0.1) is 0 Å². The highest BCUT2D eigenvalue weighted by Gasteiger charge is 2.35. The number of methoxy groups -OCH3 is 1. The van der Waals surface area contributed by atoms with Crippen molar-refractivity contribution in [2.24, 2.45) is 0 Å². The molecule has 3 rings (SSSR count). The number of sulfonamides is 1. The van der Waals surface area contributed by atoms with Crippen LogP contribution in [0.5, 0.6) is 5.75 Å². The molecule has 116 valence electrons. The lowest BCUT2D eigenvalue weighted by atomic mass is 10.0. The SMILES string of the molecule is COc1ccc(Cl)cc1S(=O)(=O)NC1CC2CCC(C1)N2. The number of piperidine rings is 1. The van der Waals surface area contributed by atoms with Crippen molar-refractivity contribution >= 4 is 21.6 Å². The molecule has 5 nitrogen and oxygen atoms in total. The molecule has 2 unspecified atom stereocenters. The molecule has 0 amide bonds. The zero-order chi connectivity index (χ0) is 15.0. The summed E-state index contributed by atoms with van der Waals surface area (Å²) >= 11 is 5.92. The monoisotopic (exact) mass is 330 g/mol. The molecule has 0 saturated carbocycles. The Labute approximate surface area is 130 Å². The second-order valence-corrected chi connectivity index (χ2v) is 7.84. The molecule has 2 atom stereocenters. The second kappa shape index (κ2) is 5.76.